The van der Waals surface area contributed by atoms with Gasteiger partial charge in [-0.2, -0.15) is 0 Å². The molecule has 8 nitrogen and oxygen atoms in total. The molecule has 1 amide bonds. The molecule has 4 heterocycles. The second-order valence-electron chi connectivity index (χ2n) is 7.73. The molecule has 3 aromatic rings. The van der Waals surface area contributed by atoms with E-state index in [4.69, 9.17) is 9.15 Å². The largest absolute Gasteiger partial charge is 0.497 e. The Bertz CT molecular complexity index is 1030. The number of methoxy groups -OCH3 is 1. The van der Waals surface area contributed by atoms with Crippen molar-refractivity contribution in [2.75, 3.05) is 33.3 Å². The van der Waals surface area contributed by atoms with Crippen LogP contribution in [0.4, 0.5) is 0 Å². The summed E-state index contributed by atoms with van der Waals surface area (Å²) in [7, 11) is 1.63. The lowest BCUT2D eigenvalue weighted by Gasteiger charge is -2.23. The van der Waals surface area contributed by atoms with Gasteiger partial charge in [0.05, 0.1) is 7.11 Å². The molecule has 0 saturated carbocycles. The summed E-state index contributed by atoms with van der Waals surface area (Å²) in [4.78, 5) is 14.9. The number of fused-ring (bicyclic) bond motifs is 2. The van der Waals surface area contributed by atoms with E-state index in [0.29, 0.717) is 43.3 Å². The third kappa shape index (κ3) is 3.37. The number of carbonyl (C=O) groups excluding carboxylic acids is 1. The maximum absolute atomic E-state index is 13.1. The summed E-state index contributed by atoms with van der Waals surface area (Å²) in [5.74, 6) is 3.45. The van der Waals surface area contributed by atoms with Crippen LogP contribution in [0, 0.1) is 0 Å². The number of hydrogen-bond acceptors (Lipinski definition) is 6. The third-order valence-corrected chi connectivity index (χ3v) is 5.94. The Labute approximate surface area is 168 Å². The Morgan fingerprint density at radius 3 is 3.00 bits per heavy atom. The first kappa shape index (κ1) is 18.2. The van der Waals surface area contributed by atoms with E-state index in [9.17, 15) is 4.79 Å². The molecule has 152 valence electrons. The van der Waals surface area contributed by atoms with Crippen molar-refractivity contribution < 1.29 is 13.9 Å². The van der Waals surface area contributed by atoms with Gasteiger partial charge in [-0.1, -0.05) is 0 Å². The van der Waals surface area contributed by atoms with Crippen molar-refractivity contribution in [3.63, 3.8) is 0 Å². The molecule has 1 saturated heterocycles. The molecule has 5 rings (SSSR count). The van der Waals surface area contributed by atoms with Crippen LogP contribution in [0.15, 0.2) is 28.7 Å². The minimum atomic E-state index is -0.0836. The van der Waals surface area contributed by atoms with Crippen molar-refractivity contribution in [2.45, 2.75) is 31.7 Å². The van der Waals surface area contributed by atoms with Crippen LogP contribution in [0.25, 0.3) is 11.0 Å². The zero-order chi connectivity index (χ0) is 19.8. The predicted molar refractivity (Wildman–Crippen MR) is 107 cm³/mol. The number of rotatable bonds is 3. The van der Waals surface area contributed by atoms with E-state index in [0.717, 1.165) is 48.7 Å². The molecular weight excluding hydrogens is 370 g/mol. The lowest BCUT2D eigenvalue weighted by Crippen LogP contribution is -2.34. The molecule has 29 heavy (non-hydrogen) atoms. The number of amides is 1. The van der Waals surface area contributed by atoms with Gasteiger partial charge in [-0.15, -0.1) is 10.2 Å². The Hall–Kier alpha value is -2.87. The second kappa shape index (κ2) is 7.51. The van der Waals surface area contributed by atoms with Crippen LogP contribution in [-0.2, 0) is 13.0 Å². The van der Waals surface area contributed by atoms with Crippen LogP contribution in [0.2, 0.25) is 0 Å². The zero-order valence-corrected chi connectivity index (χ0v) is 16.6. The lowest BCUT2D eigenvalue weighted by molar-refractivity contribution is 0.0729. The quantitative estimate of drug-likeness (QED) is 0.732. The lowest BCUT2D eigenvalue weighted by atomic mass is 9.99. The van der Waals surface area contributed by atoms with Crippen molar-refractivity contribution in [2.24, 2.45) is 0 Å². The molecule has 2 aliphatic heterocycles. The van der Waals surface area contributed by atoms with Crippen molar-refractivity contribution >= 4 is 16.9 Å². The SMILES string of the molecule is COc1ccc2oc(C(=O)N3CCc4nnc([C@@H]5CCCNC5)n4CC3)cc2c1. The summed E-state index contributed by atoms with van der Waals surface area (Å²) in [6, 6.07) is 7.34. The van der Waals surface area contributed by atoms with Gasteiger partial charge in [-0.3, -0.25) is 4.79 Å². The number of nitrogens with zero attached hydrogens (tertiary/aromatic N) is 4. The molecule has 0 spiro atoms. The third-order valence-electron chi connectivity index (χ3n) is 5.94. The molecule has 2 aromatic heterocycles. The first-order chi connectivity index (χ1) is 14.2. The number of nitrogens with one attached hydrogen (secondary N) is 1. The summed E-state index contributed by atoms with van der Waals surface area (Å²) >= 11 is 0. The van der Waals surface area contributed by atoms with Gasteiger partial charge < -0.3 is 23.9 Å². The Morgan fingerprint density at radius 1 is 1.24 bits per heavy atom. The van der Waals surface area contributed by atoms with Crippen molar-refractivity contribution in [3.8, 4) is 5.75 Å². The highest BCUT2D eigenvalue weighted by Crippen LogP contribution is 2.26. The maximum Gasteiger partial charge on any atom is 0.289 e. The van der Waals surface area contributed by atoms with E-state index in [-0.39, 0.29) is 5.91 Å². The van der Waals surface area contributed by atoms with E-state index in [2.05, 4.69) is 20.1 Å². The molecule has 1 aromatic carbocycles. The van der Waals surface area contributed by atoms with Crippen LogP contribution in [0.5, 0.6) is 5.75 Å². The molecule has 1 fully saturated rings. The van der Waals surface area contributed by atoms with Gasteiger partial charge >= 0.3 is 0 Å². The van der Waals surface area contributed by atoms with Crippen LogP contribution in [-0.4, -0.2) is 58.9 Å². The van der Waals surface area contributed by atoms with E-state index in [1.54, 1.807) is 13.2 Å². The Kier molecular flexibility index (Phi) is 4.71. The number of ether oxygens (including phenoxy) is 1. The summed E-state index contributed by atoms with van der Waals surface area (Å²) < 4.78 is 13.3. The number of carbonyl (C=O) groups is 1. The Morgan fingerprint density at radius 2 is 2.17 bits per heavy atom. The number of furan rings is 1. The van der Waals surface area contributed by atoms with Gasteiger partial charge in [0.25, 0.3) is 5.91 Å². The standard InChI is InChI=1S/C21H25N5O3/c1-28-16-4-5-17-15(11-16)12-18(29-17)21(27)25-8-6-19-23-24-20(26(19)10-9-25)14-3-2-7-22-13-14/h4-5,11-12,14,22H,2-3,6-10,13H2,1H3/t14-/m1/s1. The number of benzene rings is 1. The fourth-order valence-electron chi connectivity index (χ4n) is 4.33. The normalized spacial score (nSPS) is 19.8. The molecule has 8 heteroatoms. The van der Waals surface area contributed by atoms with E-state index >= 15 is 0 Å². The highest BCUT2D eigenvalue weighted by Gasteiger charge is 2.28. The van der Waals surface area contributed by atoms with E-state index in [1.165, 1.54) is 0 Å². The first-order valence-corrected chi connectivity index (χ1v) is 10.2. The number of piperidine rings is 1. The second-order valence-corrected chi connectivity index (χ2v) is 7.73. The molecule has 0 unspecified atom stereocenters. The van der Waals surface area contributed by atoms with E-state index < -0.39 is 0 Å². The van der Waals surface area contributed by atoms with Crippen LogP contribution in [0.3, 0.4) is 0 Å². The van der Waals surface area contributed by atoms with Gasteiger partial charge in [0.1, 0.15) is 23.0 Å². The van der Waals surface area contributed by atoms with Crippen molar-refractivity contribution in [1.29, 1.82) is 0 Å². The topological polar surface area (TPSA) is 85.4 Å². The highest BCUT2D eigenvalue weighted by molar-refractivity contribution is 5.96. The molecule has 0 aliphatic carbocycles. The molecule has 2 aliphatic rings. The van der Waals surface area contributed by atoms with Gasteiger partial charge in [0.2, 0.25) is 0 Å². The minimum absolute atomic E-state index is 0.0836. The zero-order valence-electron chi connectivity index (χ0n) is 16.6. The van der Waals surface area contributed by atoms with Gasteiger partial charge in [-0.25, -0.2) is 0 Å². The summed E-state index contributed by atoms with van der Waals surface area (Å²) in [6.07, 6.45) is 3.00. The molecule has 0 bridgehead atoms. The fourth-order valence-corrected chi connectivity index (χ4v) is 4.33. The van der Waals surface area contributed by atoms with Gasteiger partial charge in [0, 0.05) is 43.9 Å². The smallest absolute Gasteiger partial charge is 0.289 e. The molecular formula is C21H25N5O3. The van der Waals surface area contributed by atoms with Crippen LogP contribution in [0.1, 0.15) is 41.0 Å². The van der Waals surface area contributed by atoms with E-state index in [1.807, 2.05) is 23.1 Å². The van der Waals surface area contributed by atoms with Gasteiger partial charge in [0.15, 0.2) is 5.76 Å². The van der Waals surface area contributed by atoms with Gasteiger partial charge in [-0.05, 0) is 43.7 Å². The highest BCUT2D eigenvalue weighted by atomic mass is 16.5. The molecule has 1 atom stereocenters. The minimum Gasteiger partial charge on any atom is -0.497 e. The number of hydrogen-bond donors (Lipinski definition) is 1. The van der Waals surface area contributed by atoms with Crippen molar-refractivity contribution in [1.82, 2.24) is 25.0 Å². The molecule has 1 N–H and O–H groups in total. The maximum atomic E-state index is 13.1. The first-order valence-electron chi connectivity index (χ1n) is 10.2. The van der Waals surface area contributed by atoms with Crippen molar-refractivity contribution in [3.05, 3.63) is 41.7 Å². The van der Waals surface area contributed by atoms with Crippen LogP contribution >= 0.6 is 0 Å². The predicted octanol–water partition coefficient (Wildman–Crippen LogP) is 2.20. The fraction of sp³-hybridized carbons (Fsp3) is 0.476. The Balaban J connectivity index is 1.34. The van der Waals surface area contributed by atoms with Crippen LogP contribution < -0.4 is 10.1 Å². The average Bonchev–Trinajstić information content (AvgIpc) is 3.31. The summed E-state index contributed by atoms with van der Waals surface area (Å²) in [5.41, 5.74) is 0.688. The average molecular weight is 395 g/mol. The summed E-state index contributed by atoms with van der Waals surface area (Å²) in [5, 5.41) is 13.2. The molecule has 0 radical (unpaired) electrons. The number of aromatic nitrogens is 3. The summed E-state index contributed by atoms with van der Waals surface area (Å²) in [6.45, 7) is 3.97. The monoisotopic (exact) mass is 395 g/mol.